The Bertz CT molecular complexity index is 410. The fourth-order valence-corrected chi connectivity index (χ4v) is 1.23. The van der Waals surface area contributed by atoms with E-state index >= 15 is 0 Å². The van der Waals surface area contributed by atoms with E-state index in [4.69, 9.17) is 9.84 Å². The summed E-state index contributed by atoms with van der Waals surface area (Å²) in [4.78, 5) is 20.9. The fourth-order valence-electron chi connectivity index (χ4n) is 1.23. The lowest BCUT2D eigenvalue weighted by Crippen LogP contribution is -2.32. The predicted octanol–water partition coefficient (Wildman–Crippen LogP) is 2.84. The average molecular weight is 281 g/mol. The van der Waals surface area contributed by atoms with Crippen LogP contribution in [0.3, 0.4) is 0 Å². The normalized spacial score (nSPS) is 10.0. The Morgan fingerprint density at radius 2 is 1.75 bits per heavy atom. The van der Waals surface area contributed by atoms with Crippen molar-refractivity contribution in [2.24, 2.45) is 0 Å². The molecule has 1 aromatic carbocycles. The summed E-state index contributed by atoms with van der Waals surface area (Å²) in [7, 11) is 0. The molecular weight excluding hydrogens is 258 g/mol. The van der Waals surface area contributed by atoms with Crippen molar-refractivity contribution in [3.8, 4) is 0 Å². The molecule has 0 fully saturated rings. The summed E-state index contributed by atoms with van der Waals surface area (Å²) in [6.07, 6.45) is -0.240. The number of aliphatic carboxylic acids is 1. The van der Waals surface area contributed by atoms with Gasteiger partial charge in [0.15, 0.2) is 0 Å². The number of nitrogens with one attached hydrogen (secondary N) is 1. The Morgan fingerprint density at radius 1 is 1.20 bits per heavy atom. The van der Waals surface area contributed by atoms with Crippen LogP contribution in [0.25, 0.3) is 0 Å². The molecule has 1 amide bonds. The third-order valence-corrected chi connectivity index (χ3v) is 1.92. The number of carbonyl (C=O) groups is 2. The number of rotatable bonds is 3. The van der Waals surface area contributed by atoms with E-state index < -0.39 is 5.97 Å². The number of carbonyl (C=O) groups excluding carboxylic acids is 1. The van der Waals surface area contributed by atoms with Gasteiger partial charge in [-0.1, -0.05) is 30.3 Å². The van der Waals surface area contributed by atoms with Gasteiger partial charge < -0.3 is 15.2 Å². The van der Waals surface area contributed by atoms with Crippen molar-refractivity contribution in [3.05, 3.63) is 35.9 Å². The van der Waals surface area contributed by atoms with E-state index in [1.807, 2.05) is 45.9 Å². The molecule has 0 saturated heterocycles. The highest BCUT2D eigenvalue weighted by molar-refractivity contribution is 5.70. The molecule has 20 heavy (non-hydrogen) atoms. The Balaban J connectivity index is 0.000000361. The summed E-state index contributed by atoms with van der Waals surface area (Å²) >= 11 is 0. The summed E-state index contributed by atoms with van der Waals surface area (Å²) in [5, 5.41) is 10.9. The van der Waals surface area contributed by atoms with Gasteiger partial charge in [-0.05, 0) is 33.3 Å². The number of hydrogen-bond donors (Lipinski definition) is 2. The molecule has 0 spiro atoms. The Kier molecular flexibility index (Phi) is 8.04. The predicted molar refractivity (Wildman–Crippen MR) is 77.7 cm³/mol. The third-order valence-electron chi connectivity index (χ3n) is 1.92. The first kappa shape index (κ1) is 18.0. The summed E-state index contributed by atoms with van der Waals surface area (Å²) in [6, 6.07) is 9.13. The van der Waals surface area contributed by atoms with E-state index in [1.165, 1.54) is 0 Å². The lowest BCUT2D eigenvalue weighted by Gasteiger charge is -2.19. The van der Waals surface area contributed by atoms with Crippen LogP contribution in [0.2, 0.25) is 0 Å². The van der Waals surface area contributed by atoms with Crippen LogP contribution < -0.4 is 5.32 Å². The monoisotopic (exact) mass is 281 g/mol. The largest absolute Gasteiger partial charge is 0.481 e. The van der Waals surface area contributed by atoms with Gasteiger partial charge in [0.2, 0.25) is 0 Å². The van der Waals surface area contributed by atoms with E-state index in [9.17, 15) is 9.59 Å². The molecule has 0 aromatic heterocycles. The molecule has 0 aliphatic rings. The summed E-state index contributed by atoms with van der Waals surface area (Å²) < 4.78 is 4.93. The van der Waals surface area contributed by atoms with Gasteiger partial charge >= 0.3 is 12.1 Å². The molecular formula is C15H23NO4. The Hall–Kier alpha value is -2.04. The van der Waals surface area contributed by atoms with E-state index in [2.05, 4.69) is 5.32 Å². The fraction of sp³-hybridized carbons (Fsp3) is 0.467. The van der Waals surface area contributed by atoms with Crippen molar-refractivity contribution in [2.75, 3.05) is 6.54 Å². The van der Waals surface area contributed by atoms with Crippen molar-refractivity contribution >= 4 is 12.1 Å². The maximum atomic E-state index is 10.7. The van der Waals surface area contributed by atoms with E-state index in [1.54, 1.807) is 12.1 Å². The van der Waals surface area contributed by atoms with Gasteiger partial charge in [-0.3, -0.25) is 4.79 Å². The van der Waals surface area contributed by atoms with Gasteiger partial charge in [0, 0.05) is 6.54 Å². The molecule has 0 bridgehead atoms. The highest BCUT2D eigenvalue weighted by Crippen LogP contribution is 2.05. The minimum Gasteiger partial charge on any atom is -0.481 e. The molecule has 0 atom stereocenters. The quantitative estimate of drug-likeness (QED) is 0.893. The minimum atomic E-state index is -0.786. The van der Waals surface area contributed by atoms with Crippen LogP contribution >= 0.6 is 0 Å². The molecule has 5 heteroatoms. The van der Waals surface area contributed by atoms with Crippen LogP contribution in [0.15, 0.2) is 30.3 Å². The second-order valence-corrected chi connectivity index (χ2v) is 5.09. The first-order chi connectivity index (χ1) is 9.24. The number of benzene rings is 1. The molecule has 1 rings (SSSR count). The molecule has 0 heterocycles. The van der Waals surface area contributed by atoms with Crippen LogP contribution in [0, 0.1) is 0 Å². The van der Waals surface area contributed by atoms with Gasteiger partial charge in [-0.2, -0.15) is 0 Å². The maximum absolute atomic E-state index is 10.7. The molecule has 0 saturated carbocycles. The van der Waals surface area contributed by atoms with Crippen LogP contribution in [-0.4, -0.2) is 29.3 Å². The summed E-state index contributed by atoms with van der Waals surface area (Å²) in [5.41, 5.74) is 0.453. The molecule has 5 nitrogen and oxygen atoms in total. The van der Waals surface area contributed by atoms with Gasteiger partial charge in [-0.25, -0.2) is 4.79 Å². The SMILES string of the molecule is CCNC(=O)OC(C)(C)C.O=C(O)Cc1ccccc1. The van der Waals surface area contributed by atoms with Crippen molar-refractivity contribution in [2.45, 2.75) is 39.7 Å². The number of carboxylic acid groups (broad SMARTS) is 1. The van der Waals surface area contributed by atoms with E-state index in [-0.39, 0.29) is 18.1 Å². The van der Waals surface area contributed by atoms with Crippen molar-refractivity contribution < 1.29 is 19.4 Å². The van der Waals surface area contributed by atoms with Crippen LogP contribution in [0.5, 0.6) is 0 Å². The number of amides is 1. The summed E-state index contributed by atoms with van der Waals surface area (Å²) in [5.74, 6) is -0.786. The van der Waals surface area contributed by atoms with Gasteiger partial charge in [0.25, 0.3) is 0 Å². The van der Waals surface area contributed by atoms with Gasteiger partial charge in [-0.15, -0.1) is 0 Å². The summed E-state index contributed by atoms with van der Waals surface area (Å²) in [6.45, 7) is 7.96. The van der Waals surface area contributed by atoms with Crippen molar-refractivity contribution in [1.29, 1.82) is 0 Å². The zero-order valence-corrected chi connectivity index (χ0v) is 12.5. The van der Waals surface area contributed by atoms with E-state index in [0.717, 1.165) is 5.56 Å². The lowest BCUT2D eigenvalue weighted by molar-refractivity contribution is -0.136. The number of hydrogen-bond acceptors (Lipinski definition) is 3. The highest BCUT2D eigenvalue weighted by atomic mass is 16.6. The van der Waals surface area contributed by atoms with Gasteiger partial charge in [0.1, 0.15) is 5.60 Å². The zero-order valence-electron chi connectivity index (χ0n) is 12.5. The Morgan fingerprint density at radius 3 is 2.15 bits per heavy atom. The average Bonchev–Trinajstić information content (AvgIpc) is 2.28. The van der Waals surface area contributed by atoms with Crippen LogP contribution in [0.1, 0.15) is 33.3 Å². The standard InChI is InChI=1S/C8H8O2.C7H15NO2/c9-8(10)6-7-4-2-1-3-5-7;1-5-8-6(9)10-7(2,3)4/h1-5H,6H2,(H,9,10);5H2,1-4H3,(H,8,9). The highest BCUT2D eigenvalue weighted by Gasteiger charge is 2.14. The zero-order chi connectivity index (χ0) is 15.6. The minimum absolute atomic E-state index is 0.112. The van der Waals surface area contributed by atoms with Crippen molar-refractivity contribution in [3.63, 3.8) is 0 Å². The number of alkyl carbamates (subject to hydrolysis) is 1. The van der Waals surface area contributed by atoms with Gasteiger partial charge in [0.05, 0.1) is 6.42 Å². The third kappa shape index (κ3) is 11.1. The topological polar surface area (TPSA) is 75.6 Å². The molecule has 2 N–H and O–H groups in total. The molecule has 1 aromatic rings. The second kappa shape index (κ2) is 8.96. The Labute approximate surface area is 120 Å². The first-order valence-corrected chi connectivity index (χ1v) is 6.47. The first-order valence-electron chi connectivity index (χ1n) is 6.47. The number of ether oxygens (including phenoxy) is 1. The second-order valence-electron chi connectivity index (χ2n) is 5.09. The van der Waals surface area contributed by atoms with Crippen LogP contribution in [-0.2, 0) is 16.0 Å². The molecule has 0 radical (unpaired) electrons. The molecule has 0 aliphatic carbocycles. The molecule has 0 unspecified atom stereocenters. The lowest BCUT2D eigenvalue weighted by atomic mass is 10.2. The van der Waals surface area contributed by atoms with E-state index in [0.29, 0.717) is 6.54 Å². The smallest absolute Gasteiger partial charge is 0.407 e. The van der Waals surface area contributed by atoms with Crippen LogP contribution in [0.4, 0.5) is 4.79 Å². The molecule has 0 aliphatic heterocycles. The molecule has 112 valence electrons. The maximum Gasteiger partial charge on any atom is 0.407 e. The number of carboxylic acids is 1. The van der Waals surface area contributed by atoms with Crippen molar-refractivity contribution in [1.82, 2.24) is 5.32 Å².